The van der Waals surface area contributed by atoms with E-state index in [1.807, 2.05) is 31.2 Å². The summed E-state index contributed by atoms with van der Waals surface area (Å²) in [5.41, 5.74) is 4.70. The topological polar surface area (TPSA) is 54.9 Å². The lowest BCUT2D eigenvalue weighted by molar-refractivity contribution is 0.282. The quantitative estimate of drug-likeness (QED) is 0.288. The lowest BCUT2D eigenvalue weighted by Gasteiger charge is -2.14. The van der Waals surface area contributed by atoms with Crippen molar-refractivity contribution in [3.63, 3.8) is 0 Å². The van der Waals surface area contributed by atoms with Gasteiger partial charge >= 0.3 is 0 Å². The molecule has 0 saturated heterocycles. The second kappa shape index (κ2) is 10.2. The fourth-order valence-electron chi connectivity index (χ4n) is 2.80. The third kappa shape index (κ3) is 5.68. The average Bonchev–Trinajstić information content (AvgIpc) is 2.72. The Morgan fingerprint density at radius 1 is 1.14 bits per heavy atom. The van der Waals surface area contributed by atoms with Gasteiger partial charge < -0.3 is 14.8 Å². The molecule has 150 valence electrons. The molecule has 0 unspecified atom stereocenters. The summed E-state index contributed by atoms with van der Waals surface area (Å²) in [6.07, 6.45) is 1.67. The number of hydrogen-bond acceptors (Lipinski definition) is 4. The summed E-state index contributed by atoms with van der Waals surface area (Å²) in [7, 11) is 1.62. The summed E-state index contributed by atoms with van der Waals surface area (Å²) in [6, 6.07) is 18.4. The summed E-state index contributed by atoms with van der Waals surface area (Å²) in [5, 5.41) is 9.98. The Morgan fingerprint density at radius 2 is 1.93 bits per heavy atom. The first-order valence-electron chi connectivity index (χ1n) is 9.15. The van der Waals surface area contributed by atoms with E-state index < -0.39 is 0 Å². The van der Waals surface area contributed by atoms with Crippen LogP contribution in [0.4, 0.5) is 0 Å². The van der Waals surface area contributed by atoms with Crippen LogP contribution in [0, 0.1) is 0 Å². The number of fused-ring (bicyclic) bond motifs is 1. The predicted octanol–water partition coefficient (Wildman–Crippen LogP) is 5.01. The maximum absolute atomic E-state index is 6.06. The summed E-state index contributed by atoms with van der Waals surface area (Å²) < 4.78 is 12.4. The van der Waals surface area contributed by atoms with Crippen molar-refractivity contribution in [2.75, 3.05) is 13.7 Å². The van der Waals surface area contributed by atoms with Crippen LogP contribution in [0.15, 0.2) is 64.2 Å². The third-order valence-corrected chi connectivity index (χ3v) is 4.99. The fraction of sp³-hybridized carbons (Fsp3) is 0.182. The molecule has 29 heavy (non-hydrogen) atoms. The zero-order valence-electron chi connectivity index (χ0n) is 16.2. The molecule has 0 bridgehead atoms. The number of ether oxygens (including phenoxy) is 2. The van der Waals surface area contributed by atoms with Gasteiger partial charge in [0.25, 0.3) is 0 Å². The molecule has 0 aliphatic carbocycles. The van der Waals surface area contributed by atoms with E-state index in [4.69, 9.17) is 21.7 Å². The molecule has 5 nitrogen and oxygen atoms in total. The van der Waals surface area contributed by atoms with E-state index in [0.29, 0.717) is 23.2 Å². The average molecular weight is 472 g/mol. The fourth-order valence-corrected chi connectivity index (χ4v) is 3.58. The second-order valence-corrected chi connectivity index (χ2v) is 7.50. The van der Waals surface area contributed by atoms with Gasteiger partial charge in [-0.1, -0.05) is 36.4 Å². The van der Waals surface area contributed by atoms with Crippen LogP contribution in [0.1, 0.15) is 18.1 Å². The van der Waals surface area contributed by atoms with E-state index in [2.05, 4.69) is 62.1 Å². The Kier molecular flexibility index (Phi) is 7.43. The Labute approximate surface area is 184 Å². The molecule has 7 heteroatoms. The normalized spacial score (nSPS) is 10.9. The summed E-state index contributed by atoms with van der Waals surface area (Å²) in [4.78, 5) is 0. The van der Waals surface area contributed by atoms with Crippen molar-refractivity contribution in [1.82, 2.24) is 10.7 Å². The van der Waals surface area contributed by atoms with Crippen molar-refractivity contribution in [2.45, 2.75) is 13.5 Å². The Hall–Kier alpha value is -2.64. The van der Waals surface area contributed by atoms with Gasteiger partial charge in [-0.2, -0.15) is 5.10 Å². The van der Waals surface area contributed by atoms with Crippen molar-refractivity contribution in [3.05, 3.63) is 70.2 Å². The van der Waals surface area contributed by atoms with Crippen molar-refractivity contribution in [2.24, 2.45) is 5.10 Å². The van der Waals surface area contributed by atoms with Gasteiger partial charge in [-0.15, -0.1) is 0 Å². The first-order chi connectivity index (χ1) is 14.1. The van der Waals surface area contributed by atoms with Crippen LogP contribution in [0.5, 0.6) is 11.5 Å². The maximum atomic E-state index is 6.06. The molecule has 0 amide bonds. The molecular formula is C22H22BrN3O2S. The highest BCUT2D eigenvalue weighted by molar-refractivity contribution is 9.10. The number of nitrogens with zero attached hydrogens (tertiary/aromatic N) is 1. The highest BCUT2D eigenvalue weighted by Gasteiger charge is 2.12. The minimum atomic E-state index is 0.436. The van der Waals surface area contributed by atoms with Gasteiger partial charge in [-0.3, -0.25) is 5.43 Å². The molecule has 0 fully saturated rings. The minimum Gasteiger partial charge on any atom is -0.493 e. The van der Waals surface area contributed by atoms with Crippen LogP contribution in [-0.2, 0) is 6.61 Å². The van der Waals surface area contributed by atoms with Gasteiger partial charge in [-0.25, -0.2) is 0 Å². The molecule has 0 saturated carbocycles. The molecule has 0 heterocycles. The second-order valence-electron chi connectivity index (χ2n) is 6.23. The predicted molar refractivity (Wildman–Crippen MR) is 126 cm³/mol. The summed E-state index contributed by atoms with van der Waals surface area (Å²) in [5.74, 6) is 1.27. The number of halogens is 1. The van der Waals surface area contributed by atoms with Crippen LogP contribution in [0.25, 0.3) is 10.8 Å². The summed E-state index contributed by atoms with van der Waals surface area (Å²) in [6.45, 7) is 3.14. The van der Waals surface area contributed by atoms with Crippen LogP contribution in [0.3, 0.4) is 0 Å². The molecule has 0 aliphatic rings. The van der Waals surface area contributed by atoms with Crippen molar-refractivity contribution in [1.29, 1.82) is 0 Å². The number of benzene rings is 3. The van der Waals surface area contributed by atoms with E-state index in [0.717, 1.165) is 22.1 Å². The van der Waals surface area contributed by atoms with Crippen molar-refractivity contribution < 1.29 is 9.47 Å². The van der Waals surface area contributed by atoms with E-state index in [1.54, 1.807) is 13.3 Å². The summed E-state index contributed by atoms with van der Waals surface area (Å²) >= 11 is 8.66. The molecule has 3 aromatic carbocycles. The van der Waals surface area contributed by atoms with Crippen LogP contribution >= 0.6 is 28.1 Å². The lowest BCUT2D eigenvalue weighted by atomic mass is 10.1. The molecule has 0 spiro atoms. The maximum Gasteiger partial charge on any atom is 0.186 e. The van der Waals surface area contributed by atoms with E-state index in [1.165, 1.54) is 10.8 Å². The SMILES string of the molecule is CCNC(=S)N/N=C\c1cc(Br)c(OCc2ccc3ccccc3c2)c(OC)c1. The minimum absolute atomic E-state index is 0.436. The van der Waals surface area contributed by atoms with E-state index in [9.17, 15) is 0 Å². The molecule has 3 aromatic rings. The number of thiocarbonyl (C=S) groups is 1. The van der Waals surface area contributed by atoms with Gasteiger partial charge in [0.05, 0.1) is 17.8 Å². The first kappa shape index (κ1) is 21.1. The zero-order valence-corrected chi connectivity index (χ0v) is 18.6. The lowest BCUT2D eigenvalue weighted by Crippen LogP contribution is -2.31. The van der Waals surface area contributed by atoms with Crippen LogP contribution in [0.2, 0.25) is 0 Å². The molecule has 3 rings (SSSR count). The van der Waals surface area contributed by atoms with E-state index in [-0.39, 0.29) is 0 Å². The Morgan fingerprint density at radius 3 is 2.69 bits per heavy atom. The molecule has 0 aliphatic heterocycles. The molecule has 2 N–H and O–H groups in total. The highest BCUT2D eigenvalue weighted by atomic mass is 79.9. The smallest absolute Gasteiger partial charge is 0.186 e. The molecule has 0 atom stereocenters. The van der Waals surface area contributed by atoms with Crippen LogP contribution < -0.4 is 20.2 Å². The number of hydrogen-bond donors (Lipinski definition) is 2. The van der Waals surface area contributed by atoms with E-state index >= 15 is 0 Å². The van der Waals surface area contributed by atoms with Gasteiger partial charge in [0.1, 0.15) is 6.61 Å². The van der Waals surface area contributed by atoms with Gasteiger partial charge in [-0.05, 0) is 75.2 Å². The van der Waals surface area contributed by atoms with Gasteiger partial charge in [0.15, 0.2) is 16.6 Å². The molecular weight excluding hydrogens is 450 g/mol. The Balaban J connectivity index is 1.73. The standard InChI is InChI=1S/C22H22BrN3O2S/c1-3-24-22(29)26-25-13-16-11-19(23)21(20(12-16)27-2)28-14-15-8-9-17-6-4-5-7-18(17)10-15/h4-13H,3,14H2,1-2H3,(H2,24,26,29)/b25-13-. The molecule has 0 radical (unpaired) electrons. The Bertz CT molecular complexity index is 1040. The van der Waals surface area contributed by atoms with Crippen molar-refractivity contribution in [3.8, 4) is 11.5 Å². The van der Waals surface area contributed by atoms with Crippen molar-refractivity contribution >= 4 is 50.2 Å². The van der Waals surface area contributed by atoms with Gasteiger partial charge in [0.2, 0.25) is 0 Å². The largest absolute Gasteiger partial charge is 0.493 e. The number of nitrogens with one attached hydrogen (secondary N) is 2. The number of rotatable bonds is 7. The van der Waals surface area contributed by atoms with Crippen LogP contribution in [-0.4, -0.2) is 25.0 Å². The number of methoxy groups -OCH3 is 1. The zero-order chi connectivity index (χ0) is 20.6. The molecule has 0 aromatic heterocycles. The number of hydrazone groups is 1. The van der Waals surface area contributed by atoms with Gasteiger partial charge in [0, 0.05) is 6.54 Å². The monoisotopic (exact) mass is 471 g/mol. The highest BCUT2D eigenvalue weighted by Crippen LogP contribution is 2.37. The third-order valence-electron chi connectivity index (χ3n) is 4.17. The first-order valence-corrected chi connectivity index (χ1v) is 10.4.